The van der Waals surface area contributed by atoms with Crippen LogP contribution in [0.2, 0.25) is 5.15 Å². The second-order valence-corrected chi connectivity index (χ2v) is 12.8. The van der Waals surface area contributed by atoms with Gasteiger partial charge in [0.25, 0.3) is 17.7 Å². The fourth-order valence-electron chi connectivity index (χ4n) is 4.30. The van der Waals surface area contributed by atoms with Crippen LogP contribution in [0.25, 0.3) is 11.0 Å². The number of aromatic hydroxyl groups is 2. The van der Waals surface area contributed by atoms with Crippen LogP contribution in [0.1, 0.15) is 30.0 Å². The van der Waals surface area contributed by atoms with Gasteiger partial charge in [-0.05, 0) is 19.4 Å². The lowest BCUT2D eigenvalue weighted by atomic mass is 10.0. The maximum absolute atomic E-state index is 13.2. The number of thioether (sulfide) groups is 1. The van der Waals surface area contributed by atoms with E-state index in [1.165, 1.54) is 19.2 Å². The Morgan fingerprint density at radius 3 is 2.40 bits per heavy atom. The Labute approximate surface area is 276 Å². The number of amides is 3. The second-order valence-electron chi connectivity index (χ2n) is 10.4. The van der Waals surface area contributed by atoms with Gasteiger partial charge in [-0.1, -0.05) is 16.8 Å². The summed E-state index contributed by atoms with van der Waals surface area (Å²) in [7, 11) is 0. The third kappa shape index (κ3) is 6.42. The van der Waals surface area contributed by atoms with Crippen LogP contribution in [0, 0.1) is 0 Å². The van der Waals surface area contributed by atoms with Gasteiger partial charge in [-0.3, -0.25) is 19.3 Å². The summed E-state index contributed by atoms with van der Waals surface area (Å²) in [5.41, 5.74) is 2.96. The van der Waals surface area contributed by atoms with Crippen molar-refractivity contribution in [1.29, 1.82) is 0 Å². The summed E-state index contributed by atoms with van der Waals surface area (Å²) in [4.78, 5) is 81.2. The monoisotopic (exact) mass is 706 g/mol. The molecule has 0 spiro atoms. The van der Waals surface area contributed by atoms with Crippen LogP contribution < -0.4 is 16.4 Å². The number of aromatic nitrogens is 3. The summed E-state index contributed by atoms with van der Waals surface area (Å²) in [5.74, 6) is -6.30. The zero-order chi connectivity index (χ0) is 34.4. The van der Waals surface area contributed by atoms with Crippen molar-refractivity contribution >= 4 is 86.2 Å². The molecule has 0 radical (unpaired) electrons. The first kappa shape index (κ1) is 33.2. The lowest BCUT2D eigenvalue weighted by molar-refractivity contribution is -0.161. The number of nitrogens with two attached hydrogens (primary N) is 1. The lowest BCUT2D eigenvalue weighted by Crippen LogP contribution is -2.71. The SMILES string of the molecule is CC(C)(O/N=C(\C(=O)NC1C(=O)N2C(C(=O)O)=C(CNC(=O)c3nc4cc(O)c(O)cc4nc3Cl)CS[C@H]12)c1csc(N)n1)C(=O)O. The summed E-state index contributed by atoms with van der Waals surface area (Å²) in [6, 6.07) is 0.999. The quantitative estimate of drug-likeness (QED) is 0.0653. The summed E-state index contributed by atoms with van der Waals surface area (Å²) in [6.45, 7) is 2.09. The second kappa shape index (κ2) is 12.5. The normalized spacial score (nSPS) is 18.0. The number of fused-ring (bicyclic) bond motifs is 2. The van der Waals surface area contributed by atoms with Crippen molar-refractivity contribution in [2.45, 2.75) is 30.9 Å². The summed E-state index contributed by atoms with van der Waals surface area (Å²) in [6.07, 6.45) is 0. The van der Waals surface area contributed by atoms with E-state index >= 15 is 0 Å². The largest absolute Gasteiger partial charge is 0.504 e. The number of nitrogens with one attached hydrogen (secondary N) is 2. The number of oxime groups is 1. The van der Waals surface area contributed by atoms with E-state index in [1.54, 1.807) is 0 Å². The lowest BCUT2D eigenvalue weighted by Gasteiger charge is -2.49. The number of halogens is 1. The predicted molar refractivity (Wildman–Crippen MR) is 166 cm³/mol. The van der Waals surface area contributed by atoms with Gasteiger partial charge >= 0.3 is 11.9 Å². The van der Waals surface area contributed by atoms with Crippen molar-refractivity contribution in [3.63, 3.8) is 0 Å². The highest BCUT2D eigenvalue weighted by molar-refractivity contribution is 8.00. The molecular weight excluding hydrogens is 684 g/mol. The third-order valence-electron chi connectivity index (χ3n) is 6.79. The Hall–Kier alpha value is -5.21. The molecule has 0 bridgehead atoms. The van der Waals surface area contributed by atoms with Gasteiger partial charge in [0.2, 0.25) is 5.60 Å². The Balaban J connectivity index is 1.32. The first-order valence-corrected chi connectivity index (χ1v) is 15.5. The molecule has 5 rings (SSSR count). The van der Waals surface area contributed by atoms with Gasteiger partial charge < -0.3 is 41.6 Å². The Kier molecular flexibility index (Phi) is 8.84. The van der Waals surface area contributed by atoms with Gasteiger partial charge in [-0.2, -0.15) is 0 Å². The molecule has 4 heterocycles. The van der Waals surface area contributed by atoms with Gasteiger partial charge in [0.15, 0.2) is 33.2 Å². The number of benzene rings is 1. The minimum absolute atomic E-state index is 0.0342. The predicted octanol–water partition coefficient (Wildman–Crippen LogP) is 0.486. The number of nitrogens with zero attached hydrogens (tertiary/aromatic N) is 5. The molecule has 2 atom stereocenters. The molecule has 0 aliphatic carbocycles. The highest BCUT2D eigenvalue weighted by Gasteiger charge is 2.54. The Bertz CT molecular complexity index is 1930. The molecule has 1 saturated heterocycles. The maximum Gasteiger partial charge on any atom is 0.352 e. The van der Waals surface area contributed by atoms with Crippen molar-refractivity contribution in [3.8, 4) is 11.5 Å². The number of β-lactam (4-membered cyclic amide) rings is 1. The highest BCUT2D eigenvalue weighted by Crippen LogP contribution is 2.40. The molecule has 21 heteroatoms. The molecule has 2 aromatic heterocycles. The number of hydrogen-bond acceptors (Lipinski definition) is 15. The number of rotatable bonds is 10. The molecule has 2 aliphatic rings. The average molecular weight is 707 g/mol. The van der Waals surface area contributed by atoms with Crippen LogP contribution in [0.5, 0.6) is 11.5 Å². The third-order valence-corrected chi connectivity index (χ3v) is 9.07. The smallest absolute Gasteiger partial charge is 0.352 e. The molecule has 3 amide bonds. The van der Waals surface area contributed by atoms with Gasteiger partial charge in [-0.25, -0.2) is 24.5 Å². The molecular formula is C26H23ClN8O10S2. The summed E-state index contributed by atoms with van der Waals surface area (Å²) < 4.78 is 0. The molecule has 3 aromatic rings. The number of carbonyl (C=O) groups excluding carboxylic acids is 3. The van der Waals surface area contributed by atoms with E-state index < -0.39 is 69.6 Å². The number of thiazole rings is 1. The first-order chi connectivity index (χ1) is 22.1. The number of phenolic OH excluding ortho intramolecular Hbond substituents is 2. The molecule has 1 fully saturated rings. The van der Waals surface area contributed by atoms with Crippen molar-refractivity contribution < 1.29 is 49.2 Å². The van der Waals surface area contributed by atoms with E-state index in [9.17, 15) is 44.4 Å². The van der Waals surface area contributed by atoms with Gasteiger partial charge in [0.05, 0.1) is 11.0 Å². The number of anilines is 1. The summed E-state index contributed by atoms with van der Waals surface area (Å²) in [5, 5.41) is 47.7. The molecule has 246 valence electrons. The van der Waals surface area contributed by atoms with E-state index in [1.807, 2.05) is 0 Å². The number of nitrogen functional groups attached to an aromatic ring is 1. The zero-order valence-corrected chi connectivity index (χ0v) is 26.4. The number of carboxylic acid groups (broad SMARTS) is 2. The van der Waals surface area contributed by atoms with Crippen molar-refractivity contribution in [3.05, 3.63) is 45.3 Å². The van der Waals surface area contributed by atoms with Crippen molar-refractivity contribution in [2.24, 2.45) is 5.16 Å². The van der Waals surface area contributed by atoms with E-state index in [4.69, 9.17) is 22.2 Å². The van der Waals surface area contributed by atoms with Gasteiger partial charge in [0.1, 0.15) is 22.8 Å². The Morgan fingerprint density at radius 1 is 1.15 bits per heavy atom. The van der Waals surface area contributed by atoms with Crippen LogP contribution in [-0.2, 0) is 24.0 Å². The average Bonchev–Trinajstić information content (AvgIpc) is 3.43. The van der Waals surface area contributed by atoms with E-state index in [0.29, 0.717) is 0 Å². The summed E-state index contributed by atoms with van der Waals surface area (Å²) >= 11 is 8.20. The minimum Gasteiger partial charge on any atom is -0.504 e. The fourth-order valence-corrected chi connectivity index (χ4v) is 6.42. The number of phenols is 2. The van der Waals surface area contributed by atoms with Crippen LogP contribution in [0.15, 0.2) is 33.9 Å². The number of carbonyl (C=O) groups is 5. The van der Waals surface area contributed by atoms with Crippen LogP contribution in [0.4, 0.5) is 5.13 Å². The molecule has 1 aromatic carbocycles. The first-order valence-electron chi connectivity index (χ1n) is 13.2. The maximum atomic E-state index is 13.2. The van der Waals surface area contributed by atoms with Crippen LogP contribution in [-0.4, -0.2) is 105 Å². The van der Waals surface area contributed by atoms with Crippen molar-refractivity contribution in [1.82, 2.24) is 30.5 Å². The van der Waals surface area contributed by atoms with Crippen LogP contribution in [0.3, 0.4) is 0 Å². The molecule has 47 heavy (non-hydrogen) atoms. The molecule has 1 unspecified atom stereocenters. The van der Waals surface area contributed by atoms with Crippen molar-refractivity contribution in [2.75, 3.05) is 18.0 Å². The van der Waals surface area contributed by atoms with Gasteiger partial charge in [0, 0.05) is 29.8 Å². The Morgan fingerprint density at radius 2 is 1.81 bits per heavy atom. The van der Waals surface area contributed by atoms with Crippen LogP contribution >= 0.6 is 34.7 Å². The number of hydrogen-bond donors (Lipinski definition) is 7. The minimum atomic E-state index is -1.82. The number of carboxylic acids is 2. The molecule has 18 nitrogen and oxygen atoms in total. The van der Waals surface area contributed by atoms with E-state index in [2.05, 4.69) is 30.7 Å². The number of aliphatic carboxylic acids is 2. The van der Waals surface area contributed by atoms with Gasteiger partial charge in [-0.15, -0.1) is 23.1 Å². The molecule has 8 N–H and O–H groups in total. The van der Waals surface area contributed by atoms with E-state index in [0.717, 1.165) is 40.1 Å². The molecule has 2 aliphatic heterocycles. The highest BCUT2D eigenvalue weighted by atomic mass is 35.5. The topological polar surface area (TPSA) is 280 Å². The standard InChI is InChI=1S/C26H23ClN8O10S2/c1-26(2,24(43)44)45-34-14(11-7-47-25(28)32-11)20(39)33-16-21(40)35-17(23(41)42)8(6-46-22(16)35)5-29-19(38)15-18(27)31-10-4-13(37)12(36)3-9(10)30-15/h3-4,7,16,22,36-37H,5-6H2,1-2H3,(H2,28,32)(H,29,38)(H,33,39)(H,41,42)(H,43,44)/b34-14-/t16?,22-/m1/s1. The fraction of sp³-hybridized carbons (Fsp3) is 0.269. The van der Waals surface area contributed by atoms with E-state index in [-0.39, 0.29) is 50.6 Å². The molecule has 0 saturated carbocycles. The zero-order valence-electron chi connectivity index (χ0n) is 24.0.